The lowest BCUT2D eigenvalue weighted by atomic mass is 9.99. The lowest BCUT2D eigenvalue weighted by Crippen LogP contribution is -2.42. The van der Waals surface area contributed by atoms with E-state index < -0.39 is 21.5 Å². The highest BCUT2D eigenvalue weighted by Gasteiger charge is 2.25. The molecule has 25 heavy (non-hydrogen) atoms. The first-order chi connectivity index (χ1) is 11.7. The molecular weight excluding hydrogens is 364 g/mol. The van der Waals surface area contributed by atoms with Crippen molar-refractivity contribution in [3.05, 3.63) is 46.7 Å². The summed E-state index contributed by atoms with van der Waals surface area (Å²) in [4.78, 5) is 10.7. The Hall–Kier alpha value is -1.94. The summed E-state index contributed by atoms with van der Waals surface area (Å²) in [6.45, 7) is 1.18. The van der Waals surface area contributed by atoms with Crippen LogP contribution in [0, 0.1) is 0 Å². The second-order valence-corrected chi connectivity index (χ2v) is 8.40. The van der Waals surface area contributed by atoms with Crippen molar-refractivity contribution in [2.45, 2.75) is 23.8 Å². The van der Waals surface area contributed by atoms with Crippen molar-refractivity contribution in [3.63, 3.8) is 0 Å². The van der Waals surface area contributed by atoms with Crippen LogP contribution in [0.4, 0.5) is 0 Å². The van der Waals surface area contributed by atoms with Crippen molar-refractivity contribution < 1.29 is 23.1 Å². The van der Waals surface area contributed by atoms with Crippen molar-refractivity contribution in [2.24, 2.45) is 5.73 Å². The highest BCUT2D eigenvalue weighted by atomic mass is 32.2. The van der Waals surface area contributed by atoms with Crippen LogP contribution < -0.4 is 15.2 Å². The number of amides is 1. The lowest BCUT2D eigenvalue weighted by Gasteiger charge is -2.23. The zero-order valence-corrected chi connectivity index (χ0v) is 15.3. The minimum Gasteiger partial charge on any atom is -0.484 e. The van der Waals surface area contributed by atoms with Gasteiger partial charge in [-0.15, -0.1) is 0 Å². The normalized spacial score (nSPS) is 14.0. The third-order valence-electron chi connectivity index (χ3n) is 3.32. The van der Waals surface area contributed by atoms with Crippen LogP contribution in [-0.4, -0.2) is 38.2 Å². The van der Waals surface area contributed by atoms with Gasteiger partial charge in [-0.05, 0) is 53.6 Å². The molecule has 0 bridgehead atoms. The summed E-state index contributed by atoms with van der Waals surface area (Å²) < 4.78 is 32.1. The molecule has 2 aromatic rings. The molecule has 1 atom stereocenters. The average Bonchev–Trinajstić information content (AvgIpc) is 3.04. The van der Waals surface area contributed by atoms with Gasteiger partial charge in [0, 0.05) is 13.0 Å². The minimum absolute atomic E-state index is 0.0326. The van der Waals surface area contributed by atoms with E-state index in [1.165, 1.54) is 35.6 Å². The maximum absolute atomic E-state index is 12.3. The summed E-state index contributed by atoms with van der Waals surface area (Å²) in [6.07, 6.45) is 0.346. The first-order valence-electron chi connectivity index (χ1n) is 7.42. The maximum atomic E-state index is 12.3. The van der Waals surface area contributed by atoms with E-state index in [1.807, 2.05) is 16.8 Å². The van der Waals surface area contributed by atoms with Crippen molar-refractivity contribution >= 4 is 27.3 Å². The monoisotopic (exact) mass is 384 g/mol. The van der Waals surface area contributed by atoms with E-state index in [0.29, 0.717) is 12.2 Å². The fourth-order valence-electron chi connectivity index (χ4n) is 2.10. The van der Waals surface area contributed by atoms with Gasteiger partial charge in [0.2, 0.25) is 10.0 Å². The molecule has 1 amide bonds. The molecule has 0 fully saturated rings. The van der Waals surface area contributed by atoms with Crippen LogP contribution in [0.5, 0.6) is 5.75 Å². The van der Waals surface area contributed by atoms with Crippen LogP contribution in [0.1, 0.15) is 12.5 Å². The quantitative estimate of drug-likeness (QED) is 0.593. The molecule has 0 aliphatic heterocycles. The Balaban J connectivity index is 1.97. The van der Waals surface area contributed by atoms with E-state index in [2.05, 4.69) is 4.72 Å². The molecule has 0 aliphatic rings. The fraction of sp³-hybridized carbons (Fsp3) is 0.312. The van der Waals surface area contributed by atoms with E-state index in [-0.39, 0.29) is 18.0 Å². The van der Waals surface area contributed by atoms with E-state index in [0.717, 1.165) is 5.56 Å². The van der Waals surface area contributed by atoms with Gasteiger partial charge in [-0.2, -0.15) is 11.3 Å². The van der Waals surface area contributed by atoms with Gasteiger partial charge in [0.05, 0.1) is 10.5 Å². The maximum Gasteiger partial charge on any atom is 0.255 e. The highest BCUT2D eigenvalue weighted by Crippen LogP contribution is 2.18. The number of thiophene rings is 1. The zero-order valence-electron chi connectivity index (χ0n) is 13.6. The summed E-state index contributed by atoms with van der Waals surface area (Å²) in [6, 6.07) is 7.46. The number of nitrogens with one attached hydrogen (secondary N) is 1. The minimum atomic E-state index is -3.77. The molecule has 7 nitrogen and oxygen atoms in total. The lowest BCUT2D eigenvalue weighted by molar-refractivity contribution is -0.119. The molecule has 1 unspecified atom stereocenters. The Kier molecular flexibility index (Phi) is 6.17. The summed E-state index contributed by atoms with van der Waals surface area (Å²) >= 11 is 1.52. The van der Waals surface area contributed by atoms with Gasteiger partial charge in [-0.3, -0.25) is 4.79 Å². The van der Waals surface area contributed by atoms with Crippen LogP contribution in [0.25, 0.3) is 0 Å². The van der Waals surface area contributed by atoms with Crippen molar-refractivity contribution in [1.29, 1.82) is 0 Å². The Bertz CT molecular complexity index is 800. The first kappa shape index (κ1) is 19.4. The van der Waals surface area contributed by atoms with E-state index in [9.17, 15) is 18.3 Å². The number of hydrogen-bond acceptors (Lipinski definition) is 6. The number of hydrogen-bond donors (Lipinski definition) is 3. The third-order valence-corrected chi connectivity index (χ3v) is 5.47. The molecular formula is C16H20N2O5S2. The van der Waals surface area contributed by atoms with Gasteiger partial charge >= 0.3 is 0 Å². The molecule has 0 aliphatic carbocycles. The van der Waals surface area contributed by atoms with E-state index in [4.69, 9.17) is 10.5 Å². The molecule has 0 saturated carbocycles. The molecule has 1 aromatic carbocycles. The first-order valence-corrected chi connectivity index (χ1v) is 9.85. The number of sulfonamides is 1. The number of aliphatic hydroxyl groups is 1. The molecule has 0 spiro atoms. The second-order valence-electron chi connectivity index (χ2n) is 5.86. The summed E-state index contributed by atoms with van der Waals surface area (Å²) in [5, 5.41) is 14.2. The Labute approximate surface area is 150 Å². The van der Waals surface area contributed by atoms with E-state index in [1.54, 1.807) is 6.92 Å². The largest absolute Gasteiger partial charge is 0.484 e. The number of carbonyl (C=O) groups is 1. The van der Waals surface area contributed by atoms with Gasteiger partial charge in [-0.25, -0.2) is 13.1 Å². The number of primary amides is 1. The number of rotatable bonds is 9. The van der Waals surface area contributed by atoms with Crippen LogP contribution >= 0.6 is 11.3 Å². The topological polar surface area (TPSA) is 119 Å². The Morgan fingerprint density at radius 2 is 2.00 bits per heavy atom. The molecule has 2 rings (SSSR count). The summed E-state index contributed by atoms with van der Waals surface area (Å²) in [5.74, 6) is -0.284. The van der Waals surface area contributed by atoms with Crippen molar-refractivity contribution in [3.8, 4) is 5.75 Å². The second kappa shape index (κ2) is 7.96. The third kappa shape index (κ3) is 6.13. The van der Waals surface area contributed by atoms with Crippen LogP contribution in [0.2, 0.25) is 0 Å². The highest BCUT2D eigenvalue weighted by molar-refractivity contribution is 7.89. The van der Waals surface area contributed by atoms with E-state index >= 15 is 0 Å². The fourth-order valence-corrected chi connectivity index (χ4v) is 3.93. The van der Waals surface area contributed by atoms with Gasteiger partial charge in [0.25, 0.3) is 5.91 Å². The molecule has 1 aromatic heterocycles. The zero-order chi connectivity index (χ0) is 18.5. The van der Waals surface area contributed by atoms with Crippen LogP contribution in [-0.2, 0) is 21.2 Å². The Morgan fingerprint density at radius 3 is 2.56 bits per heavy atom. The summed E-state index contributed by atoms with van der Waals surface area (Å²) in [7, 11) is -3.77. The SMILES string of the molecule is CC(O)(CNS(=O)(=O)c1ccc(OCC(N)=O)cc1)Cc1ccsc1. The Morgan fingerprint density at radius 1 is 1.32 bits per heavy atom. The smallest absolute Gasteiger partial charge is 0.255 e. The molecule has 9 heteroatoms. The predicted octanol–water partition coefficient (Wildman–Crippen LogP) is 0.884. The van der Waals surface area contributed by atoms with Gasteiger partial charge in [-0.1, -0.05) is 0 Å². The molecule has 1 heterocycles. The average molecular weight is 384 g/mol. The van der Waals surface area contributed by atoms with Gasteiger partial charge in [0.15, 0.2) is 6.61 Å². The number of ether oxygens (including phenoxy) is 1. The van der Waals surface area contributed by atoms with Crippen LogP contribution in [0.15, 0.2) is 46.0 Å². The molecule has 0 saturated heterocycles. The van der Waals surface area contributed by atoms with Crippen LogP contribution in [0.3, 0.4) is 0 Å². The van der Waals surface area contributed by atoms with Gasteiger partial charge < -0.3 is 15.6 Å². The molecule has 136 valence electrons. The number of benzene rings is 1. The summed E-state index contributed by atoms with van der Waals surface area (Å²) in [5.41, 5.74) is 4.71. The van der Waals surface area contributed by atoms with Gasteiger partial charge in [0.1, 0.15) is 5.75 Å². The molecule has 4 N–H and O–H groups in total. The van der Waals surface area contributed by atoms with Crippen molar-refractivity contribution in [1.82, 2.24) is 4.72 Å². The number of carbonyl (C=O) groups excluding carboxylic acids is 1. The predicted molar refractivity (Wildman–Crippen MR) is 95.0 cm³/mol. The van der Waals surface area contributed by atoms with Crippen molar-refractivity contribution in [2.75, 3.05) is 13.2 Å². The standard InChI is InChI=1S/C16H20N2O5S2/c1-16(20,8-12-6-7-24-10-12)11-18-25(21,22)14-4-2-13(3-5-14)23-9-15(17)19/h2-7,10,18,20H,8-9,11H2,1H3,(H2,17,19). The number of nitrogens with two attached hydrogens (primary N) is 1. The molecule has 0 radical (unpaired) electrons.